The third-order valence-electron chi connectivity index (χ3n) is 5.07. The van der Waals surface area contributed by atoms with Gasteiger partial charge in [-0.2, -0.15) is 0 Å². The lowest BCUT2D eigenvalue weighted by Gasteiger charge is -2.33. The molecule has 6 nitrogen and oxygen atoms in total. The predicted octanol–water partition coefficient (Wildman–Crippen LogP) is 2.26. The van der Waals surface area contributed by atoms with Gasteiger partial charge in [0.05, 0.1) is 12.1 Å². The quantitative estimate of drug-likeness (QED) is 0.922. The average molecular weight is 332 g/mol. The monoisotopic (exact) mass is 332 g/mol. The molecule has 2 atom stereocenters. The van der Waals surface area contributed by atoms with Gasteiger partial charge in [-0.25, -0.2) is 9.78 Å². The Balaban J connectivity index is 1.54. The van der Waals surface area contributed by atoms with Gasteiger partial charge in [0.2, 0.25) is 0 Å². The minimum Gasteiger partial charge on any atom is -0.379 e. The number of hydrogen-bond acceptors (Lipinski definition) is 4. The van der Waals surface area contributed by atoms with Gasteiger partial charge < -0.3 is 19.9 Å². The molecule has 1 aromatic heterocycles. The van der Waals surface area contributed by atoms with E-state index in [4.69, 9.17) is 4.74 Å². The molecule has 1 N–H and O–H groups in total. The molecule has 2 fully saturated rings. The molecule has 24 heavy (non-hydrogen) atoms. The van der Waals surface area contributed by atoms with Gasteiger partial charge in [0, 0.05) is 39.5 Å². The second kappa shape index (κ2) is 8.33. The van der Waals surface area contributed by atoms with Crippen molar-refractivity contribution in [3.63, 3.8) is 0 Å². The molecule has 0 unspecified atom stereocenters. The van der Waals surface area contributed by atoms with Crippen LogP contribution in [-0.2, 0) is 4.74 Å². The minimum atomic E-state index is 0.0480. The van der Waals surface area contributed by atoms with Crippen molar-refractivity contribution >= 4 is 11.8 Å². The van der Waals surface area contributed by atoms with Crippen LogP contribution in [0.1, 0.15) is 32.1 Å². The number of methoxy groups -OCH3 is 1. The van der Waals surface area contributed by atoms with E-state index in [9.17, 15) is 4.79 Å². The highest BCUT2D eigenvalue weighted by Gasteiger charge is 2.28. The van der Waals surface area contributed by atoms with Gasteiger partial charge in [0.1, 0.15) is 5.82 Å². The zero-order valence-electron chi connectivity index (χ0n) is 14.5. The highest BCUT2D eigenvalue weighted by atomic mass is 16.5. The fraction of sp³-hybridized carbons (Fsp3) is 0.667. The fourth-order valence-corrected chi connectivity index (χ4v) is 3.68. The molecule has 1 saturated carbocycles. The number of rotatable bonds is 3. The fourth-order valence-electron chi connectivity index (χ4n) is 3.68. The molecule has 0 bridgehead atoms. The van der Waals surface area contributed by atoms with E-state index >= 15 is 0 Å². The first kappa shape index (κ1) is 17.0. The lowest BCUT2D eigenvalue weighted by molar-refractivity contribution is 0.0432. The molecule has 1 aromatic rings. The van der Waals surface area contributed by atoms with Crippen molar-refractivity contribution < 1.29 is 9.53 Å². The van der Waals surface area contributed by atoms with Crippen molar-refractivity contribution in [3.8, 4) is 0 Å². The summed E-state index contributed by atoms with van der Waals surface area (Å²) in [5, 5.41) is 3.20. The van der Waals surface area contributed by atoms with E-state index in [2.05, 4.69) is 15.2 Å². The summed E-state index contributed by atoms with van der Waals surface area (Å²) in [6.07, 6.45) is 7.33. The third-order valence-corrected chi connectivity index (χ3v) is 5.07. The van der Waals surface area contributed by atoms with E-state index in [0.717, 1.165) is 57.7 Å². The summed E-state index contributed by atoms with van der Waals surface area (Å²) < 4.78 is 5.54. The van der Waals surface area contributed by atoms with Crippen molar-refractivity contribution in [1.29, 1.82) is 0 Å². The van der Waals surface area contributed by atoms with Crippen molar-refractivity contribution in [2.24, 2.45) is 0 Å². The smallest absolute Gasteiger partial charge is 0.317 e. The average Bonchev–Trinajstić information content (AvgIpc) is 2.89. The number of ether oxygens (including phenoxy) is 1. The first-order valence-electron chi connectivity index (χ1n) is 9.02. The Bertz CT molecular complexity index is 525. The number of nitrogens with one attached hydrogen (secondary N) is 1. The Morgan fingerprint density at radius 1 is 1.17 bits per heavy atom. The summed E-state index contributed by atoms with van der Waals surface area (Å²) in [5.41, 5.74) is 0. The van der Waals surface area contributed by atoms with E-state index in [1.165, 1.54) is 6.42 Å². The Morgan fingerprint density at radius 3 is 2.83 bits per heavy atom. The van der Waals surface area contributed by atoms with Gasteiger partial charge in [-0.15, -0.1) is 0 Å². The number of carbonyl (C=O) groups excluding carboxylic acids is 1. The van der Waals surface area contributed by atoms with Crippen molar-refractivity contribution in [3.05, 3.63) is 24.4 Å². The molecule has 0 aromatic carbocycles. The van der Waals surface area contributed by atoms with Crippen LogP contribution < -0.4 is 10.2 Å². The number of amides is 2. The second-order valence-corrected chi connectivity index (χ2v) is 6.63. The number of hydrogen-bond donors (Lipinski definition) is 1. The van der Waals surface area contributed by atoms with Crippen LogP contribution in [0.4, 0.5) is 10.6 Å². The maximum Gasteiger partial charge on any atom is 0.317 e. The van der Waals surface area contributed by atoms with Crippen LogP contribution in [-0.4, -0.2) is 61.3 Å². The molecule has 132 valence electrons. The van der Waals surface area contributed by atoms with E-state index in [-0.39, 0.29) is 18.2 Å². The number of anilines is 1. The van der Waals surface area contributed by atoms with E-state index in [1.54, 1.807) is 7.11 Å². The van der Waals surface area contributed by atoms with Crippen LogP contribution in [0, 0.1) is 0 Å². The van der Waals surface area contributed by atoms with Gasteiger partial charge >= 0.3 is 6.03 Å². The molecule has 1 aliphatic heterocycles. The van der Waals surface area contributed by atoms with Crippen molar-refractivity contribution in [2.75, 3.05) is 38.2 Å². The number of carbonyl (C=O) groups is 1. The zero-order valence-corrected chi connectivity index (χ0v) is 14.5. The lowest BCUT2D eigenvalue weighted by Crippen LogP contribution is -2.51. The van der Waals surface area contributed by atoms with Crippen LogP contribution in [0.5, 0.6) is 0 Å². The third kappa shape index (κ3) is 4.17. The summed E-state index contributed by atoms with van der Waals surface area (Å²) in [6, 6.07) is 6.16. The van der Waals surface area contributed by atoms with Gasteiger partial charge in [0.25, 0.3) is 0 Å². The van der Waals surface area contributed by atoms with Crippen molar-refractivity contribution in [1.82, 2.24) is 15.2 Å². The molecule has 2 aliphatic rings. The summed E-state index contributed by atoms with van der Waals surface area (Å²) >= 11 is 0. The van der Waals surface area contributed by atoms with Crippen LogP contribution in [0.2, 0.25) is 0 Å². The normalized spacial score (nSPS) is 25.2. The maximum absolute atomic E-state index is 12.6. The maximum atomic E-state index is 12.6. The number of urea groups is 1. The standard InChI is InChI=1S/C18H28N4O2/c1-24-16-8-3-2-7-15(16)20-18(23)22-12-6-11-21(13-14-22)17-9-4-5-10-19-17/h4-5,9-10,15-16H,2-3,6-8,11-14H2,1H3,(H,20,23)/t15-,16-/m0/s1. The molecular formula is C18H28N4O2. The van der Waals surface area contributed by atoms with Crippen LogP contribution in [0.3, 0.4) is 0 Å². The van der Waals surface area contributed by atoms with Crippen LogP contribution >= 0.6 is 0 Å². The number of aromatic nitrogens is 1. The van der Waals surface area contributed by atoms with Gasteiger partial charge in [0.15, 0.2) is 0 Å². The van der Waals surface area contributed by atoms with Gasteiger partial charge in [-0.3, -0.25) is 0 Å². The Hall–Kier alpha value is -1.82. The molecule has 1 aliphatic carbocycles. The molecule has 0 spiro atoms. The lowest BCUT2D eigenvalue weighted by atomic mass is 9.92. The van der Waals surface area contributed by atoms with E-state index in [0.29, 0.717) is 0 Å². The molecule has 6 heteroatoms. The predicted molar refractivity (Wildman–Crippen MR) is 94.2 cm³/mol. The number of nitrogens with zero attached hydrogens (tertiary/aromatic N) is 3. The first-order chi connectivity index (χ1) is 11.8. The Kier molecular flexibility index (Phi) is 5.91. The first-order valence-corrected chi connectivity index (χ1v) is 9.02. The van der Waals surface area contributed by atoms with E-state index in [1.807, 2.05) is 29.3 Å². The Labute approximate surface area is 144 Å². The molecule has 2 amide bonds. The zero-order chi connectivity index (χ0) is 16.8. The number of pyridine rings is 1. The highest BCUT2D eigenvalue weighted by molar-refractivity contribution is 5.74. The topological polar surface area (TPSA) is 57.7 Å². The summed E-state index contributed by atoms with van der Waals surface area (Å²) in [6.45, 7) is 3.28. The molecule has 1 saturated heterocycles. The minimum absolute atomic E-state index is 0.0480. The molecule has 3 rings (SSSR count). The largest absolute Gasteiger partial charge is 0.379 e. The van der Waals surface area contributed by atoms with Crippen LogP contribution in [0.15, 0.2) is 24.4 Å². The summed E-state index contributed by atoms with van der Waals surface area (Å²) in [7, 11) is 1.74. The molecular weight excluding hydrogens is 304 g/mol. The molecule has 2 heterocycles. The SMILES string of the molecule is CO[C@H]1CCCC[C@@H]1NC(=O)N1CCCN(c2ccccn2)CC1. The summed E-state index contributed by atoms with van der Waals surface area (Å²) in [5.74, 6) is 0.992. The highest BCUT2D eigenvalue weighted by Crippen LogP contribution is 2.21. The summed E-state index contributed by atoms with van der Waals surface area (Å²) in [4.78, 5) is 21.3. The van der Waals surface area contributed by atoms with Gasteiger partial charge in [-0.1, -0.05) is 18.9 Å². The van der Waals surface area contributed by atoms with Gasteiger partial charge in [-0.05, 0) is 31.4 Å². The van der Waals surface area contributed by atoms with E-state index < -0.39 is 0 Å². The Morgan fingerprint density at radius 2 is 2.04 bits per heavy atom. The second-order valence-electron chi connectivity index (χ2n) is 6.63. The van der Waals surface area contributed by atoms with Crippen molar-refractivity contribution in [2.45, 2.75) is 44.2 Å². The molecule has 0 radical (unpaired) electrons. The van der Waals surface area contributed by atoms with Crippen LogP contribution in [0.25, 0.3) is 0 Å².